The Bertz CT molecular complexity index is 797. The maximum atomic E-state index is 13.9. The van der Waals surface area contributed by atoms with Gasteiger partial charge in [0.2, 0.25) is 0 Å². The molecule has 2 aromatic rings. The molecular formula is C15H13FO4S. The first kappa shape index (κ1) is 15.2. The summed E-state index contributed by atoms with van der Waals surface area (Å²) in [5, 5.41) is 0. The topological polar surface area (TPSA) is 60.4 Å². The van der Waals surface area contributed by atoms with Gasteiger partial charge in [-0.05, 0) is 23.8 Å². The molecular weight excluding hydrogens is 295 g/mol. The van der Waals surface area contributed by atoms with Crippen LogP contribution in [0.2, 0.25) is 0 Å². The summed E-state index contributed by atoms with van der Waals surface area (Å²) < 4.78 is 41.7. The van der Waals surface area contributed by atoms with E-state index in [-0.39, 0.29) is 21.6 Å². The third-order valence-corrected chi connectivity index (χ3v) is 4.10. The van der Waals surface area contributed by atoms with E-state index in [2.05, 4.69) is 4.74 Å². The largest absolute Gasteiger partial charge is 0.465 e. The van der Waals surface area contributed by atoms with Gasteiger partial charge in [0.05, 0.1) is 17.6 Å². The Morgan fingerprint density at radius 3 is 2.33 bits per heavy atom. The first-order chi connectivity index (χ1) is 9.84. The fraction of sp³-hybridized carbons (Fsp3) is 0.133. The normalized spacial score (nSPS) is 11.2. The number of benzene rings is 2. The SMILES string of the molecule is COC(=O)c1cc(S(C)(=O)=O)ccc1-c1ccccc1F. The zero-order valence-corrected chi connectivity index (χ0v) is 12.3. The molecule has 6 heteroatoms. The van der Waals surface area contributed by atoms with Gasteiger partial charge in [0, 0.05) is 11.8 Å². The molecule has 0 radical (unpaired) electrons. The highest BCUT2D eigenvalue weighted by Crippen LogP contribution is 2.29. The molecule has 0 aliphatic heterocycles. The summed E-state index contributed by atoms with van der Waals surface area (Å²) >= 11 is 0. The first-order valence-electron chi connectivity index (χ1n) is 6.02. The predicted molar refractivity (Wildman–Crippen MR) is 76.3 cm³/mol. The molecule has 2 aromatic carbocycles. The predicted octanol–water partition coefficient (Wildman–Crippen LogP) is 2.68. The van der Waals surface area contributed by atoms with E-state index in [0.717, 1.165) is 6.26 Å². The molecule has 0 saturated carbocycles. The van der Waals surface area contributed by atoms with Crippen molar-refractivity contribution in [2.75, 3.05) is 13.4 Å². The van der Waals surface area contributed by atoms with Gasteiger partial charge in [0.15, 0.2) is 9.84 Å². The van der Waals surface area contributed by atoms with Crippen LogP contribution in [-0.2, 0) is 14.6 Å². The van der Waals surface area contributed by atoms with Crippen molar-refractivity contribution in [2.45, 2.75) is 4.90 Å². The number of esters is 1. The number of hydrogen-bond acceptors (Lipinski definition) is 4. The standard InChI is InChI=1S/C15H13FO4S/c1-20-15(17)13-9-10(21(2,18)19)7-8-11(13)12-5-3-4-6-14(12)16/h3-9H,1-2H3. The average Bonchev–Trinajstić information content (AvgIpc) is 2.45. The molecule has 0 saturated heterocycles. The molecule has 4 nitrogen and oxygen atoms in total. The minimum atomic E-state index is -3.48. The summed E-state index contributed by atoms with van der Waals surface area (Å²) in [6.45, 7) is 0. The molecule has 0 unspecified atom stereocenters. The van der Waals surface area contributed by atoms with Crippen molar-refractivity contribution in [1.29, 1.82) is 0 Å². The Labute approximate surface area is 122 Å². The lowest BCUT2D eigenvalue weighted by molar-refractivity contribution is 0.0601. The van der Waals surface area contributed by atoms with Gasteiger partial charge in [-0.2, -0.15) is 0 Å². The molecule has 0 amide bonds. The van der Waals surface area contributed by atoms with Gasteiger partial charge in [0.1, 0.15) is 5.82 Å². The molecule has 21 heavy (non-hydrogen) atoms. The second kappa shape index (κ2) is 5.65. The Kier molecular flexibility index (Phi) is 4.09. The highest BCUT2D eigenvalue weighted by molar-refractivity contribution is 7.90. The van der Waals surface area contributed by atoms with Crippen molar-refractivity contribution in [1.82, 2.24) is 0 Å². The maximum absolute atomic E-state index is 13.9. The van der Waals surface area contributed by atoms with Crippen molar-refractivity contribution in [3.05, 3.63) is 53.8 Å². The number of carbonyl (C=O) groups excluding carboxylic acids is 1. The van der Waals surface area contributed by atoms with Gasteiger partial charge in [-0.1, -0.05) is 24.3 Å². The van der Waals surface area contributed by atoms with E-state index in [1.807, 2.05) is 0 Å². The van der Waals surface area contributed by atoms with Crippen molar-refractivity contribution in [2.24, 2.45) is 0 Å². The fourth-order valence-electron chi connectivity index (χ4n) is 1.95. The molecule has 0 fully saturated rings. The monoisotopic (exact) mass is 308 g/mol. The maximum Gasteiger partial charge on any atom is 0.338 e. The summed E-state index contributed by atoms with van der Waals surface area (Å²) in [5.74, 6) is -1.23. The molecule has 0 bridgehead atoms. The van der Waals surface area contributed by atoms with E-state index in [1.165, 1.54) is 43.5 Å². The average molecular weight is 308 g/mol. The lowest BCUT2D eigenvalue weighted by atomic mass is 9.99. The van der Waals surface area contributed by atoms with Crippen LogP contribution in [0.3, 0.4) is 0 Å². The Morgan fingerprint density at radius 2 is 1.76 bits per heavy atom. The van der Waals surface area contributed by atoms with E-state index in [1.54, 1.807) is 6.07 Å². The van der Waals surface area contributed by atoms with Crippen LogP contribution >= 0.6 is 0 Å². The van der Waals surface area contributed by atoms with Crippen molar-refractivity contribution in [3.8, 4) is 11.1 Å². The molecule has 0 aliphatic carbocycles. The highest BCUT2D eigenvalue weighted by atomic mass is 32.2. The Balaban J connectivity index is 2.73. The van der Waals surface area contributed by atoms with E-state index in [0.29, 0.717) is 0 Å². The zero-order valence-electron chi connectivity index (χ0n) is 11.5. The number of ether oxygens (including phenoxy) is 1. The second-order valence-electron chi connectivity index (χ2n) is 4.45. The summed E-state index contributed by atoms with van der Waals surface area (Å²) in [7, 11) is -2.30. The van der Waals surface area contributed by atoms with Gasteiger partial charge in [-0.25, -0.2) is 17.6 Å². The Morgan fingerprint density at radius 1 is 1.10 bits per heavy atom. The van der Waals surface area contributed by atoms with Crippen LogP contribution in [0, 0.1) is 5.82 Å². The molecule has 0 heterocycles. The molecule has 0 aromatic heterocycles. The van der Waals surface area contributed by atoms with E-state index < -0.39 is 21.6 Å². The summed E-state index contributed by atoms with van der Waals surface area (Å²) in [6.07, 6.45) is 1.03. The molecule has 0 spiro atoms. The van der Waals surface area contributed by atoms with Crippen LogP contribution in [0.15, 0.2) is 47.4 Å². The summed E-state index contributed by atoms with van der Waals surface area (Å²) in [5.41, 5.74) is 0.496. The molecule has 0 aliphatic rings. The van der Waals surface area contributed by atoms with Crippen LogP contribution in [0.4, 0.5) is 4.39 Å². The van der Waals surface area contributed by atoms with Gasteiger partial charge < -0.3 is 4.74 Å². The van der Waals surface area contributed by atoms with Crippen molar-refractivity contribution in [3.63, 3.8) is 0 Å². The minimum absolute atomic E-state index is 0.00512. The molecule has 2 rings (SSSR count). The molecule has 110 valence electrons. The Hall–Kier alpha value is -2.21. The number of carbonyl (C=O) groups is 1. The molecule has 0 N–H and O–H groups in total. The van der Waals surface area contributed by atoms with E-state index in [4.69, 9.17) is 0 Å². The van der Waals surface area contributed by atoms with Gasteiger partial charge in [-0.15, -0.1) is 0 Å². The van der Waals surface area contributed by atoms with Crippen LogP contribution in [0.1, 0.15) is 10.4 Å². The zero-order chi connectivity index (χ0) is 15.6. The highest BCUT2D eigenvalue weighted by Gasteiger charge is 2.19. The van der Waals surface area contributed by atoms with E-state index in [9.17, 15) is 17.6 Å². The lowest BCUT2D eigenvalue weighted by Crippen LogP contribution is -2.07. The van der Waals surface area contributed by atoms with Crippen molar-refractivity contribution < 1.29 is 22.3 Å². The summed E-state index contributed by atoms with van der Waals surface area (Å²) in [4.78, 5) is 11.8. The third-order valence-electron chi connectivity index (χ3n) is 2.99. The van der Waals surface area contributed by atoms with E-state index >= 15 is 0 Å². The van der Waals surface area contributed by atoms with Crippen molar-refractivity contribution >= 4 is 15.8 Å². The summed E-state index contributed by atoms with van der Waals surface area (Å²) in [6, 6.07) is 9.87. The fourth-order valence-corrected chi connectivity index (χ4v) is 2.59. The van der Waals surface area contributed by atoms with Crippen LogP contribution in [0.25, 0.3) is 11.1 Å². The van der Waals surface area contributed by atoms with Crippen LogP contribution in [-0.4, -0.2) is 27.8 Å². The van der Waals surface area contributed by atoms with Gasteiger partial charge in [-0.3, -0.25) is 0 Å². The smallest absolute Gasteiger partial charge is 0.338 e. The van der Waals surface area contributed by atoms with Gasteiger partial charge >= 0.3 is 5.97 Å². The quantitative estimate of drug-likeness (QED) is 0.818. The van der Waals surface area contributed by atoms with Gasteiger partial charge in [0.25, 0.3) is 0 Å². The lowest BCUT2D eigenvalue weighted by Gasteiger charge is -2.10. The number of methoxy groups -OCH3 is 1. The number of rotatable bonds is 3. The number of sulfone groups is 1. The second-order valence-corrected chi connectivity index (χ2v) is 6.47. The first-order valence-corrected chi connectivity index (χ1v) is 7.91. The van der Waals surface area contributed by atoms with Crippen LogP contribution in [0.5, 0.6) is 0 Å². The minimum Gasteiger partial charge on any atom is -0.465 e. The third kappa shape index (κ3) is 3.11. The molecule has 0 atom stereocenters. The number of hydrogen-bond donors (Lipinski definition) is 0. The number of halogens is 1. The van der Waals surface area contributed by atoms with Crippen LogP contribution < -0.4 is 0 Å².